The summed E-state index contributed by atoms with van der Waals surface area (Å²) in [5, 5.41) is 0. The molecule has 0 unspecified atom stereocenters. The van der Waals surface area contributed by atoms with E-state index in [9.17, 15) is 16.8 Å². The van der Waals surface area contributed by atoms with Crippen molar-refractivity contribution in [2.75, 3.05) is 32.8 Å². The van der Waals surface area contributed by atoms with E-state index in [1.807, 2.05) is 31.2 Å². The maximum atomic E-state index is 13.6. The average molecular weight is 511 g/mol. The van der Waals surface area contributed by atoms with Crippen LogP contribution >= 0.6 is 0 Å². The van der Waals surface area contributed by atoms with Gasteiger partial charge in [0.1, 0.15) is 5.75 Å². The first-order chi connectivity index (χ1) is 16.2. The first-order valence-corrected chi connectivity index (χ1v) is 14.5. The lowest BCUT2D eigenvalue weighted by molar-refractivity contribution is 0.0926. The minimum absolute atomic E-state index is 0.0509. The lowest BCUT2D eigenvalue weighted by Crippen LogP contribution is -2.37. The molecule has 0 aromatic heterocycles. The maximum Gasteiger partial charge on any atom is 0.243 e. The minimum Gasteiger partial charge on any atom is -0.494 e. The van der Waals surface area contributed by atoms with Crippen LogP contribution in [0, 0.1) is 0 Å². The highest BCUT2D eigenvalue weighted by Crippen LogP contribution is 2.25. The molecule has 0 bridgehead atoms. The fourth-order valence-electron chi connectivity index (χ4n) is 3.97. The highest BCUT2D eigenvalue weighted by Gasteiger charge is 2.30. The molecule has 1 aliphatic rings. The van der Waals surface area contributed by atoms with Crippen LogP contribution in [-0.2, 0) is 31.3 Å². The molecule has 1 saturated heterocycles. The van der Waals surface area contributed by atoms with Gasteiger partial charge in [-0.2, -0.15) is 8.61 Å². The Labute approximate surface area is 203 Å². The molecule has 8 nitrogen and oxygen atoms in total. The van der Waals surface area contributed by atoms with Crippen LogP contribution in [0.1, 0.15) is 39.2 Å². The van der Waals surface area contributed by atoms with Gasteiger partial charge < -0.3 is 9.47 Å². The molecule has 10 heteroatoms. The number of benzene rings is 2. The maximum absolute atomic E-state index is 13.6. The van der Waals surface area contributed by atoms with Crippen molar-refractivity contribution in [3.8, 4) is 5.75 Å². The van der Waals surface area contributed by atoms with Crippen LogP contribution in [0.2, 0.25) is 0 Å². The monoisotopic (exact) mass is 510 g/mol. The molecule has 2 aromatic rings. The Morgan fingerprint density at radius 3 is 1.88 bits per heavy atom. The minimum atomic E-state index is -3.89. The standard InChI is InChI=1S/C24H34N2O6S2/c1-4-25(5-2)33(27,28)23-13-15-24(16-14-23)34(29,30)26(19-22-8-7-17-32-22)18-20-9-11-21(12-10-20)31-6-3/h9-16,22H,4-8,17-19H2,1-3H3/t22-/m0/s1. The fraction of sp³-hybridized carbons (Fsp3) is 0.500. The smallest absolute Gasteiger partial charge is 0.243 e. The van der Waals surface area contributed by atoms with Gasteiger partial charge in [0.2, 0.25) is 20.0 Å². The zero-order valence-corrected chi connectivity index (χ0v) is 21.6. The van der Waals surface area contributed by atoms with Gasteiger partial charge in [0.25, 0.3) is 0 Å². The summed E-state index contributed by atoms with van der Waals surface area (Å²) in [7, 11) is -7.55. The highest BCUT2D eigenvalue weighted by molar-refractivity contribution is 7.89. The third kappa shape index (κ3) is 6.17. The largest absolute Gasteiger partial charge is 0.494 e. The van der Waals surface area contributed by atoms with E-state index in [0.29, 0.717) is 26.3 Å². The Hall–Kier alpha value is -1.98. The van der Waals surface area contributed by atoms with Crippen LogP contribution < -0.4 is 4.74 Å². The summed E-state index contributed by atoms with van der Waals surface area (Å²) < 4.78 is 66.7. The number of sulfonamides is 2. The molecule has 3 rings (SSSR count). The van der Waals surface area contributed by atoms with E-state index in [0.717, 1.165) is 24.2 Å². The van der Waals surface area contributed by atoms with Gasteiger partial charge in [-0.3, -0.25) is 0 Å². The molecule has 0 amide bonds. The van der Waals surface area contributed by atoms with Crippen molar-refractivity contribution < 1.29 is 26.3 Å². The van der Waals surface area contributed by atoms with Gasteiger partial charge in [0, 0.05) is 32.8 Å². The van der Waals surface area contributed by atoms with E-state index in [1.54, 1.807) is 13.8 Å². The van der Waals surface area contributed by atoms with Crippen LogP contribution in [0.25, 0.3) is 0 Å². The Morgan fingerprint density at radius 2 is 1.41 bits per heavy atom. The Kier molecular flexibility index (Phi) is 9.11. The van der Waals surface area contributed by atoms with Gasteiger partial charge in [0.15, 0.2) is 0 Å². The van der Waals surface area contributed by atoms with Crippen LogP contribution in [0.3, 0.4) is 0 Å². The third-order valence-electron chi connectivity index (χ3n) is 5.83. The molecule has 1 aliphatic heterocycles. The highest BCUT2D eigenvalue weighted by atomic mass is 32.2. The van der Waals surface area contributed by atoms with Crippen molar-refractivity contribution >= 4 is 20.0 Å². The van der Waals surface area contributed by atoms with Gasteiger partial charge in [-0.05, 0) is 61.7 Å². The van der Waals surface area contributed by atoms with Crippen molar-refractivity contribution in [2.45, 2.75) is 56.1 Å². The molecule has 0 aliphatic carbocycles. The molecule has 2 aromatic carbocycles. The molecule has 0 N–H and O–H groups in total. The predicted octanol–water partition coefficient (Wildman–Crippen LogP) is 3.49. The summed E-state index contributed by atoms with van der Waals surface area (Å²) in [5.41, 5.74) is 0.825. The summed E-state index contributed by atoms with van der Waals surface area (Å²) >= 11 is 0. The normalized spacial score (nSPS) is 16.9. The number of rotatable bonds is 12. The molecule has 1 atom stereocenters. The van der Waals surface area contributed by atoms with E-state index >= 15 is 0 Å². The Morgan fingerprint density at radius 1 is 0.853 bits per heavy atom. The number of ether oxygens (including phenoxy) is 2. The molecule has 0 radical (unpaired) electrons. The van der Waals surface area contributed by atoms with Crippen molar-refractivity contribution in [3.05, 3.63) is 54.1 Å². The van der Waals surface area contributed by atoms with Crippen LogP contribution in [0.5, 0.6) is 5.75 Å². The second-order valence-electron chi connectivity index (χ2n) is 8.07. The van der Waals surface area contributed by atoms with Crippen molar-refractivity contribution in [1.82, 2.24) is 8.61 Å². The fourth-order valence-corrected chi connectivity index (χ4v) is 6.89. The van der Waals surface area contributed by atoms with E-state index in [1.165, 1.54) is 32.9 Å². The van der Waals surface area contributed by atoms with Gasteiger partial charge >= 0.3 is 0 Å². The Bertz CT molecular complexity index is 1120. The molecule has 34 heavy (non-hydrogen) atoms. The van der Waals surface area contributed by atoms with Crippen LogP contribution in [0.4, 0.5) is 0 Å². The van der Waals surface area contributed by atoms with E-state index in [4.69, 9.17) is 9.47 Å². The zero-order chi connectivity index (χ0) is 24.8. The first-order valence-electron chi connectivity index (χ1n) is 11.7. The Balaban J connectivity index is 1.88. The van der Waals surface area contributed by atoms with E-state index in [-0.39, 0.29) is 29.0 Å². The van der Waals surface area contributed by atoms with Gasteiger partial charge in [-0.25, -0.2) is 16.8 Å². The summed E-state index contributed by atoms with van der Waals surface area (Å²) in [5.74, 6) is 0.727. The third-order valence-corrected chi connectivity index (χ3v) is 9.72. The molecule has 1 fully saturated rings. The molecule has 1 heterocycles. The van der Waals surface area contributed by atoms with E-state index < -0.39 is 20.0 Å². The topological polar surface area (TPSA) is 93.2 Å². The first kappa shape index (κ1) is 26.6. The molecular weight excluding hydrogens is 476 g/mol. The predicted molar refractivity (Wildman–Crippen MR) is 131 cm³/mol. The lowest BCUT2D eigenvalue weighted by atomic mass is 10.2. The van der Waals surface area contributed by atoms with Gasteiger partial charge in [0.05, 0.1) is 22.5 Å². The number of nitrogens with zero attached hydrogens (tertiary/aromatic N) is 2. The van der Waals surface area contributed by atoms with Crippen molar-refractivity contribution in [2.24, 2.45) is 0 Å². The van der Waals surface area contributed by atoms with E-state index in [2.05, 4.69) is 0 Å². The number of hydrogen-bond donors (Lipinski definition) is 0. The summed E-state index contributed by atoms with van der Waals surface area (Å²) in [6.45, 7) is 7.71. The summed E-state index contributed by atoms with van der Waals surface area (Å²) in [6, 6.07) is 12.8. The van der Waals surface area contributed by atoms with Gasteiger partial charge in [-0.15, -0.1) is 0 Å². The summed E-state index contributed by atoms with van der Waals surface area (Å²) in [4.78, 5) is 0.127. The SMILES string of the molecule is CCOc1ccc(CN(C[C@@H]2CCCO2)S(=O)(=O)c2ccc(S(=O)(=O)N(CC)CC)cc2)cc1. The summed E-state index contributed by atoms with van der Waals surface area (Å²) in [6.07, 6.45) is 1.54. The quantitative estimate of drug-likeness (QED) is 0.434. The van der Waals surface area contributed by atoms with Crippen molar-refractivity contribution in [3.63, 3.8) is 0 Å². The number of hydrogen-bond acceptors (Lipinski definition) is 6. The van der Waals surface area contributed by atoms with Crippen LogP contribution in [0.15, 0.2) is 58.3 Å². The van der Waals surface area contributed by atoms with Crippen molar-refractivity contribution in [1.29, 1.82) is 0 Å². The van der Waals surface area contributed by atoms with Gasteiger partial charge in [-0.1, -0.05) is 26.0 Å². The average Bonchev–Trinajstić information content (AvgIpc) is 3.34. The second-order valence-corrected chi connectivity index (χ2v) is 11.9. The molecule has 0 saturated carbocycles. The van der Waals surface area contributed by atoms with Crippen LogP contribution in [-0.4, -0.2) is 64.4 Å². The lowest BCUT2D eigenvalue weighted by Gasteiger charge is -2.25. The molecular formula is C24H34N2O6S2. The molecule has 188 valence electrons. The molecule has 0 spiro atoms. The second kappa shape index (κ2) is 11.6. The zero-order valence-electron chi connectivity index (χ0n) is 20.0.